The summed E-state index contributed by atoms with van der Waals surface area (Å²) < 4.78 is 67.4. The number of hydrogen-bond acceptors (Lipinski definition) is 8. The lowest BCUT2D eigenvalue weighted by atomic mass is 9.76. The molecule has 4 N–H and O–H groups in total. The maximum atomic E-state index is 14.3. The molecule has 2 atom stereocenters. The van der Waals surface area contributed by atoms with E-state index >= 15 is 0 Å². The molecule has 2 fully saturated rings. The lowest BCUT2D eigenvalue weighted by Gasteiger charge is -2.39. The average molecular weight is 590 g/mol. The summed E-state index contributed by atoms with van der Waals surface area (Å²) in [6.07, 6.45) is -5.21. The Bertz CT molecular complexity index is 1430. The highest BCUT2D eigenvalue weighted by atomic mass is 19.4. The molecule has 0 bridgehead atoms. The van der Waals surface area contributed by atoms with E-state index in [4.69, 9.17) is 15.2 Å². The number of nitrogen functional groups attached to an aromatic ring is 1. The van der Waals surface area contributed by atoms with Crippen LogP contribution in [0.1, 0.15) is 37.9 Å². The van der Waals surface area contributed by atoms with Crippen molar-refractivity contribution in [3.63, 3.8) is 0 Å². The number of nitrogens with two attached hydrogens (primary N) is 1. The van der Waals surface area contributed by atoms with E-state index in [-0.39, 0.29) is 28.6 Å². The molecular weight excluding hydrogens is 558 g/mol. The maximum absolute atomic E-state index is 14.3. The first-order valence-electron chi connectivity index (χ1n) is 13.6. The van der Waals surface area contributed by atoms with Crippen LogP contribution >= 0.6 is 0 Å². The molecule has 0 amide bonds. The van der Waals surface area contributed by atoms with Crippen LogP contribution in [-0.4, -0.2) is 59.5 Å². The number of carboxylic acids is 1. The standard InChI is InChI=1S/C29H31F4N5O4/c1-2-41-22-8-7-19(13-20(22)30)17-3-5-18(6-4-17)25(29(31,32)33)42-24-14-23(36-27(34)37-24)38-11-9-28(10-12-38)15-21(26(39)40)35-16-28/h3-8,13-14,21,25,35H,2,9-12,15-16H2,1H3,(H,39,40)(H2,34,36,37)/t21-,25+/m0/s1. The van der Waals surface area contributed by atoms with E-state index in [0.29, 0.717) is 62.4 Å². The normalized spacial score (nSPS) is 19.1. The number of carboxylic acid groups (broad SMARTS) is 1. The molecule has 0 saturated carbocycles. The van der Waals surface area contributed by atoms with Crippen LogP contribution in [0.3, 0.4) is 0 Å². The van der Waals surface area contributed by atoms with E-state index in [1.54, 1.807) is 13.0 Å². The quantitative estimate of drug-likeness (QED) is 0.312. The monoisotopic (exact) mass is 589 g/mol. The summed E-state index contributed by atoms with van der Waals surface area (Å²) in [5.41, 5.74) is 6.54. The largest absolute Gasteiger partial charge is 0.491 e. The number of ether oxygens (including phenoxy) is 2. The molecule has 1 spiro atoms. The molecule has 0 unspecified atom stereocenters. The molecule has 224 valence electrons. The molecule has 13 heteroatoms. The fourth-order valence-corrected chi connectivity index (χ4v) is 5.58. The summed E-state index contributed by atoms with van der Waals surface area (Å²) in [4.78, 5) is 21.4. The smallest absolute Gasteiger partial charge is 0.429 e. The molecule has 3 heterocycles. The topological polar surface area (TPSA) is 123 Å². The van der Waals surface area contributed by atoms with Crippen molar-refractivity contribution in [2.24, 2.45) is 5.41 Å². The Hall–Kier alpha value is -4.13. The van der Waals surface area contributed by atoms with Gasteiger partial charge in [0.1, 0.15) is 11.9 Å². The third kappa shape index (κ3) is 6.35. The molecule has 42 heavy (non-hydrogen) atoms. The number of anilines is 2. The van der Waals surface area contributed by atoms with Crippen molar-refractivity contribution >= 4 is 17.7 Å². The molecule has 0 radical (unpaired) electrons. The minimum Gasteiger partial charge on any atom is -0.491 e. The third-order valence-corrected chi connectivity index (χ3v) is 7.83. The summed E-state index contributed by atoms with van der Waals surface area (Å²) in [7, 11) is 0. The van der Waals surface area contributed by atoms with Crippen molar-refractivity contribution in [2.75, 3.05) is 36.9 Å². The van der Waals surface area contributed by atoms with E-state index in [1.165, 1.54) is 42.5 Å². The number of carbonyl (C=O) groups is 1. The molecule has 0 aliphatic carbocycles. The predicted octanol–water partition coefficient (Wildman–Crippen LogP) is 4.98. The summed E-state index contributed by atoms with van der Waals surface area (Å²) in [6.45, 7) is 3.68. The highest BCUT2D eigenvalue weighted by Crippen LogP contribution is 2.41. The number of rotatable bonds is 8. The van der Waals surface area contributed by atoms with Crippen LogP contribution in [0.4, 0.5) is 29.3 Å². The van der Waals surface area contributed by atoms with Gasteiger partial charge in [-0.25, -0.2) is 4.39 Å². The number of alkyl halides is 3. The second-order valence-corrected chi connectivity index (χ2v) is 10.6. The van der Waals surface area contributed by atoms with Crippen LogP contribution in [0.25, 0.3) is 11.1 Å². The number of nitrogens with one attached hydrogen (secondary N) is 1. The van der Waals surface area contributed by atoms with E-state index in [0.717, 1.165) is 0 Å². The highest BCUT2D eigenvalue weighted by molar-refractivity contribution is 5.74. The van der Waals surface area contributed by atoms with Gasteiger partial charge in [-0.2, -0.15) is 23.1 Å². The third-order valence-electron chi connectivity index (χ3n) is 7.83. The fourth-order valence-electron chi connectivity index (χ4n) is 5.58. The molecule has 9 nitrogen and oxygen atoms in total. The molecule has 5 rings (SSSR count). The Balaban J connectivity index is 1.31. The number of piperidine rings is 1. The zero-order valence-corrected chi connectivity index (χ0v) is 22.8. The Morgan fingerprint density at radius 3 is 2.43 bits per heavy atom. The molecule has 3 aromatic rings. The number of aliphatic carboxylic acids is 1. The van der Waals surface area contributed by atoms with E-state index in [1.807, 2.05) is 4.90 Å². The minimum atomic E-state index is -4.78. The Morgan fingerprint density at radius 2 is 1.83 bits per heavy atom. The van der Waals surface area contributed by atoms with Crippen LogP contribution in [0.2, 0.25) is 0 Å². The lowest BCUT2D eigenvalue weighted by Crippen LogP contribution is -2.41. The second-order valence-electron chi connectivity index (χ2n) is 10.6. The van der Waals surface area contributed by atoms with Crippen molar-refractivity contribution in [3.05, 3.63) is 59.9 Å². The van der Waals surface area contributed by atoms with Crippen LogP contribution in [0.5, 0.6) is 11.6 Å². The number of aromatic nitrogens is 2. The molecular formula is C29H31F4N5O4. The maximum Gasteiger partial charge on any atom is 0.429 e. The van der Waals surface area contributed by atoms with Gasteiger partial charge in [-0.3, -0.25) is 4.79 Å². The molecule has 2 aliphatic heterocycles. The van der Waals surface area contributed by atoms with Gasteiger partial charge in [-0.15, -0.1) is 0 Å². The first-order chi connectivity index (χ1) is 20.0. The fraction of sp³-hybridized carbons (Fsp3) is 0.414. The van der Waals surface area contributed by atoms with Gasteiger partial charge in [0.05, 0.1) is 6.61 Å². The van der Waals surface area contributed by atoms with Gasteiger partial charge < -0.3 is 30.5 Å². The van der Waals surface area contributed by atoms with Gasteiger partial charge in [0, 0.05) is 31.3 Å². The number of halogens is 4. The summed E-state index contributed by atoms with van der Waals surface area (Å²) in [5, 5.41) is 12.4. The Kier molecular flexibility index (Phi) is 8.13. The predicted molar refractivity (Wildman–Crippen MR) is 147 cm³/mol. The van der Waals surface area contributed by atoms with Gasteiger partial charge in [-0.1, -0.05) is 30.3 Å². The van der Waals surface area contributed by atoms with Gasteiger partial charge in [0.2, 0.25) is 17.9 Å². The molecule has 2 aromatic carbocycles. The van der Waals surface area contributed by atoms with Gasteiger partial charge in [-0.05, 0) is 54.9 Å². The van der Waals surface area contributed by atoms with Crippen LogP contribution in [0.15, 0.2) is 48.5 Å². The minimum absolute atomic E-state index is 0.0957. The van der Waals surface area contributed by atoms with Crippen LogP contribution < -0.4 is 25.4 Å². The Labute approximate surface area is 239 Å². The summed E-state index contributed by atoms with van der Waals surface area (Å²) in [6, 6.07) is 10.6. The van der Waals surface area contributed by atoms with E-state index < -0.39 is 30.1 Å². The molecule has 1 aromatic heterocycles. The van der Waals surface area contributed by atoms with Crippen LogP contribution in [0, 0.1) is 11.2 Å². The number of benzene rings is 2. The first kappa shape index (κ1) is 29.4. The van der Waals surface area contributed by atoms with Gasteiger partial charge in [0.25, 0.3) is 0 Å². The number of nitrogens with zero attached hydrogens (tertiary/aromatic N) is 3. The number of hydrogen-bond donors (Lipinski definition) is 3. The Morgan fingerprint density at radius 1 is 1.14 bits per heavy atom. The van der Waals surface area contributed by atoms with Gasteiger partial charge >= 0.3 is 12.1 Å². The van der Waals surface area contributed by atoms with E-state index in [2.05, 4.69) is 15.3 Å². The SMILES string of the molecule is CCOc1ccc(-c2ccc([C@@H](Oc3cc(N4CCC5(CC4)CN[C@H](C(=O)O)C5)nc(N)n3)C(F)(F)F)cc2)cc1F. The van der Waals surface area contributed by atoms with Crippen molar-refractivity contribution in [2.45, 2.75) is 44.5 Å². The van der Waals surface area contributed by atoms with Crippen molar-refractivity contribution in [1.82, 2.24) is 15.3 Å². The zero-order valence-electron chi connectivity index (χ0n) is 22.8. The molecule has 2 aliphatic rings. The summed E-state index contributed by atoms with van der Waals surface area (Å²) in [5.74, 6) is -1.57. The first-order valence-corrected chi connectivity index (χ1v) is 13.6. The van der Waals surface area contributed by atoms with E-state index in [9.17, 15) is 27.5 Å². The van der Waals surface area contributed by atoms with Crippen molar-refractivity contribution in [1.29, 1.82) is 0 Å². The highest BCUT2D eigenvalue weighted by Gasteiger charge is 2.45. The zero-order chi connectivity index (χ0) is 30.1. The lowest BCUT2D eigenvalue weighted by molar-refractivity contribution is -0.198. The second kappa shape index (κ2) is 11.6. The van der Waals surface area contributed by atoms with Gasteiger partial charge in [0.15, 0.2) is 11.6 Å². The molecule has 2 saturated heterocycles. The summed E-state index contributed by atoms with van der Waals surface area (Å²) >= 11 is 0. The van der Waals surface area contributed by atoms with Crippen LogP contribution in [-0.2, 0) is 4.79 Å². The van der Waals surface area contributed by atoms with Crippen molar-refractivity contribution in [3.8, 4) is 22.8 Å². The average Bonchev–Trinajstić information content (AvgIpc) is 3.36. The van der Waals surface area contributed by atoms with Crippen molar-refractivity contribution < 1.29 is 36.9 Å².